The SMILES string of the molecule is C.CCCCOCC(CC)(COCCCS)COC(=O)NCC1(C)CC(NC(=O)OCC(CC)(COCCCS)COCCCS)CC(C)(C)C1.CCCCOCC(CC)(COCCCS)COC(=O)NCC1(C)CC(NC(=O)OCC(CC)(COCCCS)COCCCSCCCOCC(CC)(COCCCS)COC(=O)NCC2(C)CC(NC(=O)OCC(CC)(COCCCS)COCCCS)CC(C)(C)C2)CC(C)(C)C1. The molecule has 3 rings (SSSR count). The van der Waals surface area contributed by atoms with E-state index in [0.717, 1.165) is 194 Å². The molecule has 0 bridgehead atoms. The van der Waals surface area contributed by atoms with E-state index in [1.807, 2.05) is 11.8 Å². The second-order valence-electron chi connectivity index (χ2n) is 46.1. The summed E-state index contributed by atoms with van der Waals surface area (Å²) in [7, 11) is 0. The lowest BCUT2D eigenvalue weighted by molar-refractivity contribution is -0.0572. The quantitative estimate of drug-likeness (QED) is 0.0153. The molecule has 0 radical (unpaired) electrons. The first-order valence-corrected chi connectivity index (χ1v) is 62.3. The van der Waals surface area contributed by atoms with Crippen molar-refractivity contribution in [3.63, 3.8) is 0 Å². The van der Waals surface area contributed by atoms with E-state index in [1.165, 1.54) is 0 Å². The molecule has 6 amide bonds. The van der Waals surface area contributed by atoms with E-state index < -0.39 is 69.0 Å². The zero-order chi connectivity index (χ0) is 111. The van der Waals surface area contributed by atoms with Crippen molar-refractivity contribution in [1.82, 2.24) is 31.9 Å². The van der Waals surface area contributed by atoms with E-state index in [-0.39, 0.29) is 97.7 Å². The first kappa shape index (κ1) is 146. The van der Waals surface area contributed by atoms with Crippen molar-refractivity contribution in [2.75, 3.05) is 275 Å². The van der Waals surface area contributed by atoms with Gasteiger partial charge in [-0.3, -0.25) is 0 Å². The summed E-state index contributed by atoms with van der Waals surface area (Å²) < 4.78 is 108. The van der Waals surface area contributed by atoms with Crippen LogP contribution in [0.15, 0.2) is 0 Å². The Morgan fingerprint density at radius 3 is 0.580 bits per heavy atom. The number of ether oxygens (including phenoxy) is 18. The summed E-state index contributed by atoms with van der Waals surface area (Å²) in [5, 5.41) is 18.7. The third-order valence-electron chi connectivity index (χ3n) is 28.7. The van der Waals surface area contributed by atoms with Gasteiger partial charge in [-0.25, -0.2) is 28.8 Å². The molecule has 10 atom stereocenters. The molecule has 3 saturated carbocycles. The van der Waals surface area contributed by atoms with Crippen LogP contribution in [0.25, 0.3) is 0 Å². The van der Waals surface area contributed by atoms with Crippen LogP contribution in [0.3, 0.4) is 0 Å². The van der Waals surface area contributed by atoms with Crippen molar-refractivity contribution in [3.05, 3.63) is 0 Å². The second kappa shape index (κ2) is 83.5. The Morgan fingerprint density at radius 1 is 0.247 bits per heavy atom. The maximum Gasteiger partial charge on any atom is 0.407 e. The third kappa shape index (κ3) is 66.0. The Hall–Kier alpha value is -1.71. The van der Waals surface area contributed by atoms with Crippen molar-refractivity contribution >= 4 is 149 Å². The van der Waals surface area contributed by atoms with Crippen LogP contribution in [0.4, 0.5) is 28.8 Å². The van der Waals surface area contributed by atoms with Crippen LogP contribution in [0.1, 0.15) is 311 Å². The molecule has 3 aliphatic rings. The van der Waals surface area contributed by atoms with Gasteiger partial charge in [0, 0.05) is 117 Å². The normalized spacial score (nSPS) is 20.6. The van der Waals surface area contributed by atoms with Gasteiger partial charge in [0.25, 0.3) is 0 Å². The van der Waals surface area contributed by atoms with Crippen LogP contribution >= 0.6 is 113 Å². The Kier molecular flexibility index (Phi) is 81.4. The molecule has 0 spiro atoms. The van der Waals surface area contributed by atoms with Crippen molar-refractivity contribution in [2.45, 2.75) is 329 Å². The lowest BCUT2D eigenvalue weighted by atomic mass is 9.62. The number of alkyl carbamates (subject to hydrolysis) is 6. The molecular weight excluding hydrogens is 2090 g/mol. The van der Waals surface area contributed by atoms with Crippen molar-refractivity contribution in [2.24, 2.45) is 65.0 Å². The summed E-state index contributed by atoms with van der Waals surface area (Å²) in [4.78, 5) is 80.3. The molecule has 0 aromatic carbocycles. The summed E-state index contributed by atoms with van der Waals surface area (Å²) in [6, 6.07) is -0.427. The average Bonchev–Trinajstić information content (AvgIpc) is 0.800. The number of amides is 6. The summed E-state index contributed by atoms with van der Waals surface area (Å²) in [5.74, 6) is 7.72. The molecule has 3 fully saturated rings. The number of carbonyl (C=O) groups is 6. The topological polar surface area (TPSA) is 341 Å². The molecule has 3 aliphatic carbocycles. The van der Waals surface area contributed by atoms with Crippen molar-refractivity contribution < 1.29 is 114 Å². The highest BCUT2D eigenvalue weighted by Crippen LogP contribution is 2.49. The maximum atomic E-state index is 13.7. The van der Waals surface area contributed by atoms with Crippen LogP contribution in [0, 0.1) is 65.0 Å². The molecule has 888 valence electrons. The smallest absolute Gasteiger partial charge is 0.407 e. The standard InChI is InChI=1S/C73H140N4O16S6.C37H72N2O8S3.CH4/c1-12-17-25-82-48-70(13-2,49-83-26-18-33-94)56-90-62(78)74-46-68(10)43-61(41-67(8,9)44-68)77-65(81)93-59-73(16-5,53-87-30-22-37-98)55-89-32-24-39-99-38-23-31-88-54-71(14-3,50-84-27-19-34-95)57-91-63(79)75-47-69(11)42-60(40-66(6,7)45-69)76-64(80)92-58-72(15-4,51-85-28-20-35-96)52-86-29-21-36-97;1-7-10-14-42-25-36(8-2,26-43-15-11-18-48)29-46-32(40)38-24-35(6)22-31(21-34(4,5)23-35)39-33(41)47-30-37(9-3,27-44-16-12-19-49)28-45-17-13-20-50;/h60-61,94-98H,12-59H2,1-11H3,(H,74,78)(H,75,79)(H,76,80)(H,77,81);31,48-50H,7-30H2,1-6H3,(H,38,40)(H,39,41);1H4. The minimum Gasteiger partial charge on any atom is -0.449 e. The van der Waals surface area contributed by atoms with Gasteiger partial charge in [0.15, 0.2) is 0 Å². The van der Waals surface area contributed by atoms with Gasteiger partial charge in [-0.15, -0.1) is 0 Å². The predicted molar refractivity (Wildman–Crippen MR) is 637 cm³/mol. The number of carbonyl (C=O) groups excluding carboxylic acids is 6. The van der Waals surface area contributed by atoms with Crippen LogP contribution in [0.2, 0.25) is 0 Å². The van der Waals surface area contributed by atoms with E-state index in [0.29, 0.717) is 228 Å². The number of thiol groups is 8. The molecule has 0 saturated heterocycles. The summed E-state index contributed by atoms with van der Waals surface area (Å²) in [6.07, 6.45) is 20.9. The van der Waals surface area contributed by atoms with Gasteiger partial charge in [0.05, 0.1) is 112 Å². The number of nitrogens with one attached hydrogen (secondary N) is 6. The molecule has 39 heteroatoms. The monoisotopic (exact) mass is 2310 g/mol. The minimum absolute atomic E-state index is 0. The number of hydrogen-bond donors (Lipinski definition) is 14. The summed E-state index contributed by atoms with van der Waals surface area (Å²) in [6.45, 7) is 50.8. The fourth-order valence-electron chi connectivity index (χ4n) is 20.1. The highest BCUT2D eigenvalue weighted by atomic mass is 32.2. The van der Waals surface area contributed by atoms with Crippen LogP contribution < -0.4 is 31.9 Å². The predicted octanol–water partition coefficient (Wildman–Crippen LogP) is 23.0. The Morgan fingerprint density at radius 2 is 0.413 bits per heavy atom. The molecular formula is C111H216N6O24S9. The number of thioether (sulfide) groups is 1. The van der Waals surface area contributed by atoms with Crippen LogP contribution in [-0.4, -0.2) is 330 Å². The molecule has 0 aliphatic heterocycles. The number of unbranched alkanes of at least 4 members (excludes halogenated alkanes) is 2. The summed E-state index contributed by atoms with van der Waals surface area (Å²) in [5.41, 5.74) is -4.04. The van der Waals surface area contributed by atoms with Crippen molar-refractivity contribution in [1.29, 1.82) is 0 Å². The fourth-order valence-corrected chi connectivity index (χ4v) is 21.9. The highest BCUT2D eigenvalue weighted by molar-refractivity contribution is 7.99. The first-order chi connectivity index (χ1) is 71.1. The largest absolute Gasteiger partial charge is 0.449 e. The van der Waals surface area contributed by atoms with Gasteiger partial charge in [0.2, 0.25) is 0 Å². The fraction of sp³-hybridized carbons (Fsp3) is 0.946. The second-order valence-corrected chi connectivity index (χ2v) is 50.9. The van der Waals surface area contributed by atoms with Gasteiger partial charge >= 0.3 is 36.6 Å². The lowest BCUT2D eigenvalue weighted by Crippen LogP contribution is -2.51. The van der Waals surface area contributed by atoms with E-state index in [2.05, 4.69) is 251 Å². The first-order valence-electron chi connectivity index (χ1n) is 56.0. The summed E-state index contributed by atoms with van der Waals surface area (Å²) >= 11 is 36.4. The van der Waals surface area contributed by atoms with E-state index in [9.17, 15) is 28.8 Å². The zero-order valence-corrected chi connectivity index (χ0v) is 103. The van der Waals surface area contributed by atoms with Gasteiger partial charge < -0.3 is 117 Å². The number of rotatable bonds is 89. The van der Waals surface area contributed by atoms with E-state index in [4.69, 9.17) is 85.3 Å². The third-order valence-corrected chi connectivity index (χ3v) is 32.4. The molecule has 10 unspecified atom stereocenters. The lowest BCUT2D eigenvalue weighted by Gasteiger charge is -2.46. The van der Waals surface area contributed by atoms with Crippen LogP contribution in [0.5, 0.6) is 0 Å². The Bertz CT molecular complexity index is 3400. The van der Waals surface area contributed by atoms with Gasteiger partial charge in [0.1, 0.15) is 39.6 Å². The average molecular weight is 2310 g/mol. The molecule has 150 heavy (non-hydrogen) atoms. The van der Waals surface area contributed by atoms with E-state index in [1.54, 1.807) is 0 Å². The molecule has 0 aromatic heterocycles. The van der Waals surface area contributed by atoms with E-state index >= 15 is 0 Å². The maximum absolute atomic E-state index is 13.7. The van der Waals surface area contributed by atoms with Crippen LogP contribution in [-0.2, 0) is 85.3 Å². The van der Waals surface area contributed by atoms with Gasteiger partial charge in [-0.2, -0.15) is 113 Å². The number of hydrogen-bond acceptors (Lipinski definition) is 33. The molecule has 0 aromatic rings. The Balaban J connectivity index is 0.00000185. The van der Waals surface area contributed by atoms with Crippen molar-refractivity contribution in [3.8, 4) is 0 Å². The Labute approximate surface area is 958 Å². The molecule has 6 N–H and O–H groups in total. The van der Waals surface area contributed by atoms with Gasteiger partial charge in [-0.05, 0) is 263 Å². The van der Waals surface area contributed by atoms with Gasteiger partial charge in [-0.1, -0.05) is 138 Å². The highest BCUT2D eigenvalue weighted by Gasteiger charge is 2.48. The molecule has 30 nitrogen and oxygen atoms in total. The minimum atomic E-state index is -0.542. The zero-order valence-electron chi connectivity index (χ0n) is 95.4. The molecule has 0 heterocycles.